The molecule has 0 amide bonds. The summed E-state index contributed by atoms with van der Waals surface area (Å²) in [5.74, 6) is 3.79. The Hall–Kier alpha value is 0. The van der Waals surface area contributed by atoms with E-state index in [9.17, 15) is 0 Å². The number of hydrogen-bond donors (Lipinski definition) is 0. The van der Waals surface area contributed by atoms with Gasteiger partial charge in [0.1, 0.15) is 0 Å². The third-order valence-electron chi connectivity index (χ3n) is 5.85. The van der Waals surface area contributed by atoms with E-state index in [1.807, 2.05) is 13.8 Å². The molecule has 19 heavy (non-hydrogen) atoms. The average molecular weight is 267 g/mol. The van der Waals surface area contributed by atoms with E-state index in [-0.39, 0.29) is 0 Å². The number of rotatable bonds is 2. The van der Waals surface area contributed by atoms with Gasteiger partial charge in [0.15, 0.2) is 0 Å². The molecule has 2 rings (SSSR count). The lowest BCUT2D eigenvalue weighted by molar-refractivity contribution is 0.0130. The molecule has 0 aliphatic heterocycles. The Balaban J connectivity index is 0.000000861. The molecule has 0 radical (unpaired) electrons. The van der Waals surface area contributed by atoms with Crippen molar-refractivity contribution < 1.29 is 0 Å². The Morgan fingerprint density at radius 1 is 0.737 bits per heavy atom. The van der Waals surface area contributed by atoms with Crippen LogP contribution in [0.2, 0.25) is 0 Å². The van der Waals surface area contributed by atoms with E-state index in [0.29, 0.717) is 0 Å². The molecule has 2 atom stereocenters. The zero-order valence-corrected chi connectivity index (χ0v) is 14.5. The highest BCUT2D eigenvalue weighted by molar-refractivity contribution is 4.93. The lowest BCUT2D eigenvalue weighted by Crippen LogP contribution is -2.39. The van der Waals surface area contributed by atoms with E-state index >= 15 is 0 Å². The van der Waals surface area contributed by atoms with Gasteiger partial charge in [0.25, 0.3) is 0 Å². The summed E-state index contributed by atoms with van der Waals surface area (Å²) in [7, 11) is 0. The molecule has 1 spiro atoms. The Kier molecular flexibility index (Phi) is 6.91. The van der Waals surface area contributed by atoms with Crippen LogP contribution in [-0.4, -0.2) is 0 Å². The van der Waals surface area contributed by atoms with Crippen molar-refractivity contribution in [3.8, 4) is 0 Å². The SMILES string of the molecule is CC.CC(C)C1CCC2(CCCCC2)CC1C(C)C. The van der Waals surface area contributed by atoms with E-state index in [0.717, 1.165) is 29.1 Å². The van der Waals surface area contributed by atoms with Gasteiger partial charge in [-0.15, -0.1) is 0 Å². The minimum absolute atomic E-state index is 0.776. The van der Waals surface area contributed by atoms with Gasteiger partial charge in [-0.3, -0.25) is 0 Å². The van der Waals surface area contributed by atoms with Crippen molar-refractivity contribution in [1.82, 2.24) is 0 Å². The minimum Gasteiger partial charge on any atom is -0.0683 e. The van der Waals surface area contributed by atoms with Gasteiger partial charge in [0, 0.05) is 0 Å². The Bertz CT molecular complexity index is 232. The Morgan fingerprint density at radius 2 is 1.26 bits per heavy atom. The largest absolute Gasteiger partial charge is 0.0683 e. The van der Waals surface area contributed by atoms with Gasteiger partial charge < -0.3 is 0 Å². The molecule has 0 N–H and O–H groups in total. The molecular weight excluding hydrogens is 228 g/mol. The molecule has 2 unspecified atom stereocenters. The summed E-state index contributed by atoms with van der Waals surface area (Å²) in [4.78, 5) is 0. The second-order valence-corrected chi connectivity index (χ2v) is 7.62. The molecule has 0 aromatic carbocycles. The highest BCUT2D eigenvalue weighted by Gasteiger charge is 2.42. The monoisotopic (exact) mass is 266 g/mol. The van der Waals surface area contributed by atoms with Crippen molar-refractivity contribution in [1.29, 1.82) is 0 Å². The fraction of sp³-hybridized carbons (Fsp3) is 1.00. The first-order chi connectivity index (χ1) is 9.04. The predicted octanol–water partition coefficient (Wildman–Crippen LogP) is 6.69. The lowest BCUT2D eigenvalue weighted by Gasteiger charge is -2.49. The predicted molar refractivity (Wildman–Crippen MR) is 87.4 cm³/mol. The summed E-state index contributed by atoms with van der Waals surface area (Å²) in [6.45, 7) is 13.8. The van der Waals surface area contributed by atoms with Gasteiger partial charge in [-0.1, -0.05) is 60.8 Å². The maximum atomic E-state index is 2.46. The van der Waals surface area contributed by atoms with Gasteiger partial charge in [0.2, 0.25) is 0 Å². The van der Waals surface area contributed by atoms with Crippen molar-refractivity contribution in [2.45, 2.75) is 92.9 Å². The summed E-state index contributed by atoms with van der Waals surface area (Å²) >= 11 is 0. The third-order valence-corrected chi connectivity index (χ3v) is 5.85. The van der Waals surface area contributed by atoms with E-state index in [4.69, 9.17) is 0 Å². The number of hydrogen-bond acceptors (Lipinski definition) is 0. The average Bonchev–Trinajstić information content (AvgIpc) is 2.41. The van der Waals surface area contributed by atoms with Crippen LogP contribution in [-0.2, 0) is 0 Å². The van der Waals surface area contributed by atoms with Crippen LogP contribution in [0.4, 0.5) is 0 Å². The van der Waals surface area contributed by atoms with Gasteiger partial charge in [-0.2, -0.15) is 0 Å². The molecule has 0 heteroatoms. The van der Waals surface area contributed by atoms with Gasteiger partial charge in [0.05, 0.1) is 0 Å². The first kappa shape index (κ1) is 17.1. The van der Waals surface area contributed by atoms with Crippen LogP contribution < -0.4 is 0 Å². The summed E-state index contributed by atoms with van der Waals surface area (Å²) < 4.78 is 0. The maximum Gasteiger partial charge on any atom is -0.0295 e. The molecule has 0 aromatic heterocycles. The van der Waals surface area contributed by atoms with Crippen molar-refractivity contribution in [2.24, 2.45) is 29.1 Å². The summed E-state index contributed by atoms with van der Waals surface area (Å²) in [5.41, 5.74) is 0.776. The second-order valence-electron chi connectivity index (χ2n) is 7.62. The van der Waals surface area contributed by atoms with E-state index in [1.54, 1.807) is 25.7 Å². The van der Waals surface area contributed by atoms with Gasteiger partial charge >= 0.3 is 0 Å². The molecule has 114 valence electrons. The van der Waals surface area contributed by atoms with Crippen LogP contribution in [0.3, 0.4) is 0 Å². The molecule has 0 nitrogen and oxygen atoms in total. The smallest absolute Gasteiger partial charge is 0.0295 e. The topological polar surface area (TPSA) is 0 Å². The fourth-order valence-electron chi connectivity index (χ4n) is 4.75. The zero-order chi connectivity index (χ0) is 14.5. The quantitative estimate of drug-likeness (QED) is 0.522. The molecule has 0 saturated heterocycles. The van der Waals surface area contributed by atoms with E-state index < -0.39 is 0 Å². The first-order valence-corrected chi connectivity index (χ1v) is 9.04. The normalized spacial score (nSPS) is 30.3. The maximum absolute atomic E-state index is 2.46. The molecule has 0 aromatic rings. The fourth-order valence-corrected chi connectivity index (χ4v) is 4.75. The van der Waals surface area contributed by atoms with Crippen LogP contribution in [0.15, 0.2) is 0 Å². The molecular formula is C19H38. The van der Waals surface area contributed by atoms with E-state index in [1.165, 1.54) is 25.7 Å². The Morgan fingerprint density at radius 3 is 1.74 bits per heavy atom. The third kappa shape index (κ3) is 4.23. The van der Waals surface area contributed by atoms with Crippen molar-refractivity contribution in [2.75, 3.05) is 0 Å². The molecule has 0 bridgehead atoms. The standard InChI is InChI=1S/C17H32.C2H6/c1-13(2)15-8-11-17(9-6-5-7-10-17)12-16(15)14(3)4;1-2/h13-16H,5-12H2,1-4H3;1-2H3. The molecule has 2 saturated carbocycles. The molecule has 2 aliphatic carbocycles. The van der Waals surface area contributed by atoms with Crippen LogP contribution in [0.1, 0.15) is 92.9 Å². The van der Waals surface area contributed by atoms with Crippen molar-refractivity contribution in [3.63, 3.8) is 0 Å². The van der Waals surface area contributed by atoms with Gasteiger partial charge in [-0.25, -0.2) is 0 Å². The molecule has 2 aliphatic rings. The van der Waals surface area contributed by atoms with E-state index in [2.05, 4.69) is 27.7 Å². The summed E-state index contributed by atoms with van der Waals surface area (Å²) in [6.07, 6.45) is 12.2. The zero-order valence-electron chi connectivity index (χ0n) is 14.5. The summed E-state index contributed by atoms with van der Waals surface area (Å²) in [5, 5.41) is 0. The first-order valence-electron chi connectivity index (χ1n) is 9.04. The molecule has 2 fully saturated rings. The molecule has 0 heterocycles. The van der Waals surface area contributed by atoms with Gasteiger partial charge in [-0.05, 0) is 61.2 Å². The highest BCUT2D eigenvalue weighted by atomic mass is 14.5. The summed E-state index contributed by atoms with van der Waals surface area (Å²) in [6, 6.07) is 0. The second kappa shape index (κ2) is 7.70. The van der Waals surface area contributed by atoms with Crippen LogP contribution >= 0.6 is 0 Å². The highest BCUT2D eigenvalue weighted by Crippen LogP contribution is 2.53. The van der Waals surface area contributed by atoms with Crippen LogP contribution in [0, 0.1) is 29.1 Å². The Labute approximate surface area is 122 Å². The van der Waals surface area contributed by atoms with Crippen molar-refractivity contribution in [3.05, 3.63) is 0 Å². The van der Waals surface area contributed by atoms with Crippen molar-refractivity contribution >= 4 is 0 Å². The lowest BCUT2D eigenvalue weighted by atomic mass is 9.56. The van der Waals surface area contributed by atoms with Crippen LogP contribution in [0.25, 0.3) is 0 Å². The minimum atomic E-state index is 0.776. The van der Waals surface area contributed by atoms with Crippen LogP contribution in [0.5, 0.6) is 0 Å².